The number of nitrogens with two attached hydrogens (primary N) is 3. The van der Waals surface area contributed by atoms with Crippen molar-refractivity contribution < 1.29 is 356 Å². The topological polar surface area (TPSA) is 547 Å². The van der Waals surface area contributed by atoms with Crippen LogP contribution in [0.3, 0.4) is 0 Å². The summed E-state index contributed by atoms with van der Waals surface area (Å²) in [7, 11) is 0. The Hall–Kier alpha value is -5.75. The van der Waals surface area contributed by atoms with E-state index in [1.807, 2.05) is 13.8 Å². The van der Waals surface area contributed by atoms with Gasteiger partial charge in [-0.15, -0.1) is 75.4 Å². The minimum atomic E-state index is -0.922. The second-order valence-electron chi connectivity index (χ2n) is 29.2. The van der Waals surface area contributed by atoms with E-state index in [-0.39, 0.29) is 385 Å². The maximum absolute atomic E-state index is 12.2. The van der Waals surface area contributed by atoms with E-state index < -0.39 is 89.6 Å². The van der Waals surface area contributed by atoms with Crippen molar-refractivity contribution in [3.05, 3.63) is 223 Å². The first-order valence-corrected chi connectivity index (χ1v) is 39.1. The number of hydrogen-bond donors (Lipinski definition) is 12. The Bertz CT molecular complexity index is 5160. The third kappa shape index (κ3) is 55.0. The van der Waals surface area contributed by atoms with Gasteiger partial charge in [-0.1, -0.05) is 87.7 Å². The van der Waals surface area contributed by atoms with E-state index >= 15 is 0 Å². The molecule has 4 unspecified atom stereocenters. The second-order valence-corrected chi connectivity index (χ2v) is 29.2. The van der Waals surface area contributed by atoms with Crippen LogP contribution in [0.5, 0.6) is 34.5 Å². The molecule has 7 radical (unpaired) electrons. The second kappa shape index (κ2) is 76.0. The summed E-state index contributed by atoms with van der Waals surface area (Å²) in [4.78, 5) is 162. The van der Waals surface area contributed by atoms with Crippen molar-refractivity contribution in [3.63, 3.8) is 0 Å². The van der Waals surface area contributed by atoms with Crippen molar-refractivity contribution >= 4 is 114 Å². The van der Waals surface area contributed by atoms with Gasteiger partial charge in [0, 0.05) is 301 Å². The molecule has 0 saturated carbocycles. The number of carbonyl (C=O) groups excluding carboxylic acids is 13. The van der Waals surface area contributed by atoms with Crippen molar-refractivity contribution in [2.75, 3.05) is 39.5 Å². The molecule has 4 atom stereocenters. The first-order valence-electron chi connectivity index (χ1n) is 39.1. The van der Waals surface area contributed by atoms with Crippen LogP contribution in [0.15, 0.2) is 112 Å². The largest absolute Gasteiger partial charge is 0.533 e. The smallest absolute Gasteiger partial charge is 0.408 e. The zero-order valence-electron chi connectivity index (χ0n) is 77.5. The quantitative estimate of drug-likeness (QED) is 0.00570. The molecule has 44 heteroatoms. The third-order valence-corrected chi connectivity index (χ3v) is 16.6. The van der Waals surface area contributed by atoms with Gasteiger partial charge in [0.15, 0.2) is 0 Å². The minimum absolute atomic E-state index is 0. The minimum Gasteiger partial charge on any atom is -0.533 e. The molecule has 8 aromatic rings. The Kier molecular flexibility index (Phi) is 81.4. The standard InChI is InChI=1S/C19H27N2O6.C14H19N2O4.C12H16NO3.C11H16N2O6.C10H10NO2.C10H7O2.C8H7O2.C7H5O2.CH4.2ClH.7Y.H2/c1-6-26-16(23)10-14(13-9-7-8-12(2)17(13)24)21-15(22)11-20-18(25)27-19(3,4)5;1-3-20-13(18)7-11(16-12(17)8-15)10-6-4-5-9(2)14(10)19;1-3-16-11(14)7-10(13)9-6-4-5-8(2)12(9)15;1-11(2,3)18-10(17)12-6-9(16)19-13-7(14)4-5-8(13)15;1-6-3-2-4-7-8(11)5-9(12)13-10(6)7;1-7-3-2-4-8-5-6-9(11)12-10(7)8;1-6-3-2-4-7(5-9)8(6)10;8-5-6-3-1-2-4-7(6)9;;;;;;;;;;;/h8-9,14,24H,6,10-11H2,1-5H3,(H,20,25)(H,21,22);5-6,11,19H,3,7-8,15H2,1-2H3,(H,16,17);5-6,10,15H,3,7,13H2,1-2H3;4-6H2,1-3H3,(H,12,17);3-4,8H,5,11H2,1H3;3-6H,1H3;3-5,10H,1H3;2-5,9H;1H4;2*1H;;;;;;;;1H/q3*-1;;4*-1;;;;;;;;;;;/i;;;;;;;;;;;;;;;;;;1+1. The van der Waals surface area contributed by atoms with Gasteiger partial charge in [0.05, 0.1) is 71.2 Å². The van der Waals surface area contributed by atoms with E-state index in [2.05, 4.69) is 68.6 Å². The zero-order valence-corrected chi connectivity index (χ0v) is 99.0. The van der Waals surface area contributed by atoms with Crippen molar-refractivity contribution in [2.24, 2.45) is 17.2 Å². The van der Waals surface area contributed by atoms with Crippen LogP contribution in [0.4, 0.5) is 9.59 Å². The molecule has 727 valence electrons. The zero-order chi connectivity index (χ0) is 94.7. The van der Waals surface area contributed by atoms with Gasteiger partial charge in [-0.2, -0.15) is 127 Å². The fraction of sp³-hybridized carbons (Fsp3) is 0.370. The summed E-state index contributed by atoms with van der Waals surface area (Å²) in [6.45, 7) is 25.6. The maximum atomic E-state index is 12.2. The van der Waals surface area contributed by atoms with E-state index in [0.717, 1.165) is 22.1 Å². The number of alkyl carbamates (subject to hydrolysis) is 2. The average Bonchev–Trinajstić information content (AvgIpc) is 1.48. The Morgan fingerprint density at radius 2 is 0.912 bits per heavy atom. The van der Waals surface area contributed by atoms with E-state index in [0.29, 0.717) is 80.1 Å². The number of carbonyl (C=O) groups is 13. The number of rotatable bonds is 22. The van der Waals surface area contributed by atoms with Crippen LogP contribution < -0.4 is 48.8 Å². The molecule has 10 rings (SSSR count). The van der Waals surface area contributed by atoms with E-state index in [4.69, 9.17) is 60.3 Å². The SMILES string of the molecule is C.CC(C)(C)OC(=O)NCC(=O)ON1C(=O)CCC1=O.CCOC(=O)CC(N)c1c[c-]cc(C)c1O.CCOC(=O)CC(NC(=O)CN)c1c[c-]cc(C)c1O.CCOC(=O)CC(NC(=O)CNC(=O)OC(C)(C)C)c1c[c-]cc(C)c1O.Cc1c[c-]cc(C=O)c1O.Cc1c[c-]cc2c1OC(=O)CC2N.Cc1c[c-]cc2ccc(=O)oc12.Cl.Cl.O=Cc1c[c-]ccc1O.[2HH].[Y].[Y].[Y].[Y].[Y].[Y].[Y]. The van der Waals surface area contributed by atoms with Gasteiger partial charge in [-0.3, -0.25) is 38.4 Å². The Labute approximate surface area is 982 Å². The number of phenolic OH excluding ortho intramolecular Hbond substituents is 5. The third-order valence-electron chi connectivity index (χ3n) is 16.6. The molecule has 7 aromatic carbocycles. The monoisotopic (exact) mass is 2460 g/mol. The number of nitrogens with zero attached hydrogens (tertiary/aromatic N) is 1. The van der Waals surface area contributed by atoms with Gasteiger partial charge >= 0.3 is 47.7 Å². The molecule has 2 aliphatic rings. The number of aldehydes is 2. The summed E-state index contributed by atoms with van der Waals surface area (Å²) in [6.07, 6.45) is -0.221. The number of halogens is 2. The molecule has 35 nitrogen and oxygen atoms in total. The first-order chi connectivity index (χ1) is 59.3. The average molecular weight is 2460 g/mol. The first kappa shape index (κ1) is 146. The summed E-state index contributed by atoms with van der Waals surface area (Å²) >= 11 is 0. The number of amides is 6. The molecule has 15 N–H and O–H groups in total. The number of phenols is 5. The number of aromatic hydroxyl groups is 5. The van der Waals surface area contributed by atoms with Crippen LogP contribution in [-0.2, 0) is 301 Å². The normalized spacial score (nSPS) is 11.9. The number of hydrogen-bond acceptors (Lipinski definition) is 30. The predicted octanol–water partition coefficient (Wildman–Crippen LogP) is 11.3. The predicted molar refractivity (Wildman–Crippen MR) is 478 cm³/mol. The van der Waals surface area contributed by atoms with Crippen LogP contribution in [0.25, 0.3) is 11.0 Å². The summed E-state index contributed by atoms with van der Waals surface area (Å²) < 4.78 is 34.7. The van der Waals surface area contributed by atoms with E-state index in [1.54, 1.807) is 157 Å². The summed E-state index contributed by atoms with van der Waals surface area (Å²) in [6, 6.07) is 44.8. The van der Waals surface area contributed by atoms with Gasteiger partial charge in [-0.25, -0.2) is 19.2 Å². The van der Waals surface area contributed by atoms with Gasteiger partial charge in [0.1, 0.15) is 17.7 Å². The van der Waals surface area contributed by atoms with E-state index in [1.165, 1.54) is 36.4 Å². The Morgan fingerprint density at radius 1 is 0.515 bits per heavy atom. The number of nitrogens with one attached hydrogen (secondary N) is 4. The van der Waals surface area contributed by atoms with Gasteiger partial charge in [0.2, 0.25) is 11.8 Å². The van der Waals surface area contributed by atoms with Gasteiger partial charge in [0.25, 0.3) is 11.8 Å². The molecule has 0 spiro atoms. The number of aryl methyl sites for hydroxylation is 6. The molecule has 6 amide bonds. The number of esters is 4. The molecule has 3 heterocycles. The van der Waals surface area contributed by atoms with Crippen LogP contribution >= 0.6 is 24.8 Å². The van der Waals surface area contributed by atoms with Crippen LogP contribution in [0, 0.1) is 84.0 Å². The van der Waals surface area contributed by atoms with Crippen LogP contribution in [0.1, 0.15) is 210 Å². The molecule has 0 bridgehead atoms. The fourth-order valence-electron chi connectivity index (χ4n) is 10.5. The number of fused-ring (bicyclic) bond motifs is 2. The van der Waals surface area contributed by atoms with Crippen LogP contribution in [0.2, 0.25) is 0 Å². The molecular weight excluding hydrogens is 2340 g/mol. The molecule has 1 fully saturated rings. The summed E-state index contributed by atoms with van der Waals surface area (Å²) in [5.41, 5.74) is 22.9. The Morgan fingerprint density at radius 3 is 1.35 bits per heavy atom. The molecule has 1 aromatic heterocycles. The maximum Gasteiger partial charge on any atom is 0.408 e. The van der Waals surface area contributed by atoms with Crippen LogP contribution in [-0.4, -0.2) is 159 Å². The summed E-state index contributed by atoms with van der Waals surface area (Å²) in [5.74, 6) is -3.86. The molecule has 0 aliphatic carbocycles. The fourth-order valence-corrected chi connectivity index (χ4v) is 10.5. The van der Waals surface area contributed by atoms with E-state index in [9.17, 15) is 82.4 Å². The van der Waals surface area contributed by atoms with Crippen molar-refractivity contribution in [1.82, 2.24) is 26.3 Å². The number of ether oxygens (including phenoxy) is 6. The summed E-state index contributed by atoms with van der Waals surface area (Å²) in [5, 5.41) is 59.1. The molecular formula is C92H115Cl2N8O27Y7-7. The number of benzene rings is 7. The Balaban J connectivity index is -0.000000197. The van der Waals surface area contributed by atoms with Gasteiger partial charge < -0.3 is 111 Å². The van der Waals surface area contributed by atoms with Crippen molar-refractivity contribution in [3.8, 4) is 34.5 Å². The molecule has 136 heavy (non-hydrogen) atoms. The number of imide groups is 1. The number of hydroxylamine groups is 2. The van der Waals surface area contributed by atoms with Crippen molar-refractivity contribution in [2.45, 2.75) is 185 Å². The van der Waals surface area contributed by atoms with Crippen molar-refractivity contribution in [1.29, 1.82) is 0 Å². The van der Waals surface area contributed by atoms with Gasteiger partial charge in [-0.05, 0) is 74.4 Å². The molecule has 2 aliphatic heterocycles. The molecule has 1 saturated heterocycles.